The van der Waals surface area contributed by atoms with E-state index < -0.39 is 10.0 Å². The number of amides is 1. The minimum atomic E-state index is -3.42. The molecule has 0 bridgehead atoms. The zero-order chi connectivity index (χ0) is 18.1. The summed E-state index contributed by atoms with van der Waals surface area (Å²) in [5.74, 6) is 1.16. The summed E-state index contributed by atoms with van der Waals surface area (Å²) in [5.41, 5.74) is 2.18. The summed E-state index contributed by atoms with van der Waals surface area (Å²) in [5, 5.41) is 0. The molecule has 4 rings (SSSR count). The van der Waals surface area contributed by atoms with Crippen molar-refractivity contribution in [3.8, 4) is 11.5 Å². The maximum atomic E-state index is 12.5. The topological polar surface area (TPSA) is 85.4 Å². The molecule has 9 heteroatoms. The molecule has 3 heterocycles. The molecule has 1 amide bonds. The maximum Gasteiger partial charge on any atom is 0.231 e. The number of hydrogen-bond acceptors (Lipinski definition) is 6. The number of rotatable bonds is 4. The number of benzene rings is 1. The van der Waals surface area contributed by atoms with Gasteiger partial charge in [-0.3, -0.25) is 4.79 Å². The quantitative estimate of drug-likeness (QED) is 0.747. The van der Waals surface area contributed by atoms with Crippen molar-refractivity contribution in [1.29, 1.82) is 0 Å². The van der Waals surface area contributed by atoms with Crippen LogP contribution in [0.4, 0.5) is 0 Å². The Hall–Kier alpha value is -1.84. The van der Waals surface area contributed by atoms with Crippen LogP contribution in [-0.4, -0.2) is 68.9 Å². The molecule has 3 aliphatic rings. The number of sulfonamides is 1. The minimum absolute atomic E-state index is 0.000421. The Kier molecular flexibility index (Phi) is 4.76. The summed E-state index contributed by atoms with van der Waals surface area (Å²) in [6.07, 6.45) is 0.730. The molecule has 0 aromatic heterocycles. The lowest BCUT2D eigenvalue weighted by molar-refractivity contribution is -0.131. The molecule has 1 fully saturated rings. The maximum absolute atomic E-state index is 12.5. The van der Waals surface area contributed by atoms with E-state index in [-0.39, 0.29) is 24.9 Å². The third-order valence-corrected chi connectivity index (χ3v) is 6.87. The third kappa shape index (κ3) is 3.51. The van der Waals surface area contributed by atoms with Gasteiger partial charge in [0.2, 0.25) is 22.7 Å². The summed E-state index contributed by atoms with van der Waals surface area (Å²) in [6.45, 7) is 2.83. The van der Waals surface area contributed by atoms with Crippen LogP contribution in [0.2, 0.25) is 0 Å². The molecule has 0 aliphatic carbocycles. The Morgan fingerprint density at radius 3 is 2.46 bits per heavy atom. The average molecular weight is 382 g/mol. The van der Waals surface area contributed by atoms with Gasteiger partial charge in [0.25, 0.3) is 0 Å². The first-order chi connectivity index (χ1) is 12.5. The second kappa shape index (κ2) is 7.05. The van der Waals surface area contributed by atoms with Crippen LogP contribution in [0.15, 0.2) is 12.1 Å². The van der Waals surface area contributed by atoms with Crippen LogP contribution in [0.1, 0.15) is 17.5 Å². The van der Waals surface area contributed by atoms with Gasteiger partial charge >= 0.3 is 0 Å². The van der Waals surface area contributed by atoms with Crippen LogP contribution >= 0.6 is 0 Å². The van der Waals surface area contributed by atoms with E-state index >= 15 is 0 Å². The lowest BCUT2D eigenvalue weighted by Gasteiger charge is -2.30. The second-order valence-corrected chi connectivity index (χ2v) is 8.71. The summed E-state index contributed by atoms with van der Waals surface area (Å²) in [4.78, 5) is 14.3. The van der Waals surface area contributed by atoms with Gasteiger partial charge in [0.05, 0.1) is 19.0 Å². The monoisotopic (exact) mass is 382 g/mol. The standard InChI is InChI=1S/C17H22N2O6S/c20-17(2-8-26(21,22)19-4-6-23-7-5-19)18-3-1-13-9-15-16(25-12-24-15)10-14(13)11-18/h9-10H,1-8,11-12H2. The lowest BCUT2D eigenvalue weighted by atomic mass is 9.98. The molecule has 0 saturated carbocycles. The van der Waals surface area contributed by atoms with Crippen LogP contribution in [0.5, 0.6) is 11.5 Å². The molecule has 1 aromatic carbocycles. The minimum Gasteiger partial charge on any atom is -0.454 e. The number of fused-ring (bicyclic) bond motifs is 2. The largest absolute Gasteiger partial charge is 0.454 e. The Bertz CT molecular complexity index is 804. The SMILES string of the molecule is O=C(CCS(=O)(=O)N1CCOCC1)N1CCc2cc3c(cc2C1)OCO3. The van der Waals surface area contributed by atoms with Gasteiger partial charge < -0.3 is 19.1 Å². The van der Waals surface area contributed by atoms with Crippen molar-refractivity contribution in [1.82, 2.24) is 9.21 Å². The van der Waals surface area contributed by atoms with Gasteiger partial charge in [0.15, 0.2) is 11.5 Å². The van der Waals surface area contributed by atoms with Crippen LogP contribution < -0.4 is 9.47 Å². The molecule has 0 N–H and O–H groups in total. The first-order valence-electron chi connectivity index (χ1n) is 8.78. The first-order valence-corrected chi connectivity index (χ1v) is 10.4. The number of nitrogens with zero attached hydrogens (tertiary/aromatic N) is 2. The van der Waals surface area contributed by atoms with E-state index in [2.05, 4.69) is 0 Å². The molecule has 0 unspecified atom stereocenters. The normalized spacial score (nSPS) is 20.1. The van der Waals surface area contributed by atoms with Crippen molar-refractivity contribution in [2.75, 3.05) is 45.4 Å². The summed E-state index contributed by atoms with van der Waals surface area (Å²) in [7, 11) is -3.42. The second-order valence-electron chi connectivity index (χ2n) is 6.62. The highest BCUT2D eigenvalue weighted by Gasteiger charge is 2.28. The van der Waals surface area contributed by atoms with E-state index in [0.29, 0.717) is 45.1 Å². The van der Waals surface area contributed by atoms with Gasteiger partial charge in [-0.05, 0) is 29.7 Å². The van der Waals surface area contributed by atoms with Gasteiger partial charge in [-0.25, -0.2) is 8.42 Å². The zero-order valence-electron chi connectivity index (χ0n) is 14.5. The Morgan fingerprint density at radius 1 is 1.04 bits per heavy atom. The van der Waals surface area contributed by atoms with Crippen LogP contribution in [0.25, 0.3) is 0 Å². The summed E-state index contributed by atoms with van der Waals surface area (Å²) < 4.78 is 42.1. The number of carbonyl (C=O) groups excluding carboxylic acids is 1. The van der Waals surface area contributed by atoms with Gasteiger partial charge in [0.1, 0.15) is 0 Å². The van der Waals surface area contributed by atoms with Gasteiger partial charge in [-0.2, -0.15) is 4.31 Å². The van der Waals surface area contributed by atoms with Crippen molar-refractivity contribution in [2.24, 2.45) is 0 Å². The third-order valence-electron chi connectivity index (χ3n) is 5.00. The van der Waals surface area contributed by atoms with E-state index in [9.17, 15) is 13.2 Å². The molecule has 1 saturated heterocycles. The fourth-order valence-corrected chi connectivity index (χ4v) is 4.88. The molecule has 8 nitrogen and oxygen atoms in total. The molecular formula is C17H22N2O6S. The predicted octanol–water partition coefficient (Wildman–Crippen LogP) is 0.352. The van der Waals surface area contributed by atoms with E-state index in [0.717, 1.165) is 23.3 Å². The molecule has 0 atom stereocenters. The Morgan fingerprint density at radius 2 is 1.73 bits per heavy atom. The fraction of sp³-hybridized carbons (Fsp3) is 0.588. The fourth-order valence-electron chi connectivity index (χ4n) is 3.49. The van der Waals surface area contributed by atoms with Gasteiger partial charge in [-0.1, -0.05) is 0 Å². The number of morpholine rings is 1. The molecule has 0 spiro atoms. The number of hydrogen-bond donors (Lipinski definition) is 0. The van der Waals surface area contributed by atoms with Crippen LogP contribution in [-0.2, 0) is 32.5 Å². The Labute approximate surface area is 152 Å². The smallest absolute Gasteiger partial charge is 0.231 e. The highest BCUT2D eigenvalue weighted by Crippen LogP contribution is 2.36. The molecule has 26 heavy (non-hydrogen) atoms. The molecule has 142 valence electrons. The number of ether oxygens (including phenoxy) is 3. The molecule has 3 aliphatic heterocycles. The number of carbonyl (C=O) groups is 1. The highest BCUT2D eigenvalue weighted by molar-refractivity contribution is 7.89. The Balaban J connectivity index is 1.37. The predicted molar refractivity (Wildman–Crippen MR) is 92.5 cm³/mol. The molecule has 0 radical (unpaired) electrons. The average Bonchev–Trinajstić information content (AvgIpc) is 3.11. The van der Waals surface area contributed by atoms with Crippen LogP contribution in [0.3, 0.4) is 0 Å². The van der Waals surface area contributed by atoms with E-state index in [1.54, 1.807) is 4.90 Å². The van der Waals surface area contributed by atoms with Crippen molar-refractivity contribution in [2.45, 2.75) is 19.4 Å². The first kappa shape index (κ1) is 17.6. The lowest BCUT2D eigenvalue weighted by Crippen LogP contribution is -2.43. The molecule has 1 aromatic rings. The zero-order valence-corrected chi connectivity index (χ0v) is 15.3. The highest BCUT2D eigenvalue weighted by atomic mass is 32.2. The summed E-state index contributed by atoms with van der Waals surface area (Å²) >= 11 is 0. The van der Waals surface area contributed by atoms with Gasteiger partial charge in [-0.15, -0.1) is 0 Å². The molecular weight excluding hydrogens is 360 g/mol. The summed E-state index contributed by atoms with van der Waals surface area (Å²) in [6, 6.07) is 3.89. The van der Waals surface area contributed by atoms with Gasteiger partial charge in [0, 0.05) is 32.6 Å². The van der Waals surface area contributed by atoms with E-state index in [4.69, 9.17) is 14.2 Å². The van der Waals surface area contributed by atoms with Crippen molar-refractivity contribution in [3.05, 3.63) is 23.3 Å². The van der Waals surface area contributed by atoms with E-state index in [1.807, 2.05) is 12.1 Å². The van der Waals surface area contributed by atoms with Crippen molar-refractivity contribution >= 4 is 15.9 Å². The van der Waals surface area contributed by atoms with Crippen molar-refractivity contribution < 1.29 is 27.4 Å². The van der Waals surface area contributed by atoms with Crippen LogP contribution in [0, 0.1) is 0 Å². The van der Waals surface area contributed by atoms with Crippen molar-refractivity contribution in [3.63, 3.8) is 0 Å². The van der Waals surface area contributed by atoms with E-state index in [1.165, 1.54) is 4.31 Å².